The van der Waals surface area contributed by atoms with E-state index in [4.69, 9.17) is 4.74 Å². The summed E-state index contributed by atoms with van der Waals surface area (Å²) in [7, 11) is 0. The predicted octanol–water partition coefficient (Wildman–Crippen LogP) is 4.11. The summed E-state index contributed by atoms with van der Waals surface area (Å²) in [6, 6.07) is 0.639. The fourth-order valence-electron chi connectivity index (χ4n) is 5.34. The molecule has 4 rings (SSSR count). The van der Waals surface area contributed by atoms with E-state index >= 15 is 0 Å². The van der Waals surface area contributed by atoms with Crippen molar-refractivity contribution in [3.8, 4) is 0 Å². The van der Waals surface area contributed by atoms with Gasteiger partial charge in [-0.3, -0.25) is 9.36 Å². The molecule has 0 spiro atoms. The van der Waals surface area contributed by atoms with Gasteiger partial charge in [-0.2, -0.15) is 0 Å². The quantitative estimate of drug-likeness (QED) is 0.557. The maximum absolute atomic E-state index is 13.2. The van der Waals surface area contributed by atoms with Gasteiger partial charge < -0.3 is 14.5 Å². The Morgan fingerprint density at radius 3 is 2.48 bits per heavy atom. The molecule has 3 fully saturated rings. The Bertz CT molecular complexity index is 707. The number of rotatable bonds is 8. The number of hydrogen-bond acceptors (Lipinski definition) is 6. The van der Waals surface area contributed by atoms with Crippen molar-refractivity contribution in [1.82, 2.24) is 19.7 Å². The van der Waals surface area contributed by atoms with E-state index in [1.165, 1.54) is 38.5 Å². The Morgan fingerprint density at radius 1 is 1.06 bits per heavy atom. The molecule has 3 heterocycles. The lowest BCUT2D eigenvalue weighted by atomic mass is 9.93. The first-order chi connectivity index (χ1) is 15.1. The molecule has 0 aromatic carbocycles. The van der Waals surface area contributed by atoms with Gasteiger partial charge in [-0.05, 0) is 58.8 Å². The number of hydrogen-bond donors (Lipinski definition) is 0. The van der Waals surface area contributed by atoms with Gasteiger partial charge in [-0.25, -0.2) is 0 Å². The highest BCUT2D eigenvalue weighted by Crippen LogP contribution is 2.29. The van der Waals surface area contributed by atoms with E-state index in [9.17, 15) is 4.79 Å². The fourth-order valence-corrected chi connectivity index (χ4v) is 6.15. The van der Waals surface area contributed by atoms with E-state index in [1.807, 2.05) is 0 Å². The summed E-state index contributed by atoms with van der Waals surface area (Å²) in [6.07, 6.45) is 12.2. The maximum Gasteiger partial charge on any atom is 0.233 e. The first-order valence-electron chi connectivity index (χ1n) is 12.4. The van der Waals surface area contributed by atoms with Crippen LogP contribution in [0.5, 0.6) is 0 Å². The van der Waals surface area contributed by atoms with Crippen molar-refractivity contribution in [2.75, 3.05) is 30.3 Å². The molecule has 0 N–H and O–H groups in total. The Hall–Kier alpha value is -1.28. The van der Waals surface area contributed by atoms with Crippen LogP contribution in [0.1, 0.15) is 78.1 Å². The predicted molar refractivity (Wildman–Crippen MR) is 125 cm³/mol. The van der Waals surface area contributed by atoms with Gasteiger partial charge in [-0.1, -0.05) is 31.0 Å². The molecule has 1 aliphatic carbocycles. The first kappa shape index (κ1) is 22.9. The molecule has 1 unspecified atom stereocenters. The zero-order valence-corrected chi connectivity index (χ0v) is 20.1. The van der Waals surface area contributed by atoms with Crippen molar-refractivity contribution in [3.63, 3.8) is 0 Å². The van der Waals surface area contributed by atoms with Crippen LogP contribution in [0.25, 0.3) is 0 Å². The zero-order valence-electron chi connectivity index (χ0n) is 19.3. The second-order valence-electron chi connectivity index (χ2n) is 9.55. The SMILES string of the molecule is CC(C)N(C(=O)CSc1nnc(N2CCCCC2)n1CC1CCCO1)C1CCCCC1. The lowest BCUT2D eigenvalue weighted by Gasteiger charge is -2.37. The minimum absolute atomic E-state index is 0.226. The molecule has 1 saturated carbocycles. The van der Waals surface area contributed by atoms with Gasteiger partial charge in [0.25, 0.3) is 0 Å². The van der Waals surface area contributed by atoms with E-state index in [2.05, 4.69) is 38.4 Å². The van der Waals surface area contributed by atoms with Crippen molar-refractivity contribution in [2.24, 2.45) is 0 Å². The number of carbonyl (C=O) groups is 1. The Balaban J connectivity index is 1.46. The van der Waals surface area contributed by atoms with Gasteiger partial charge in [0.1, 0.15) is 0 Å². The van der Waals surface area contributed by atoms with Crippen molar-refractivity contribution in [3.05, 3.63) is 0 Å². The second-order valence-corrected chi connectivity index (χ2v) is 10.5. The monoisotopic (exact) mass is 449 g/mol. The standard InChI is InChI=1S/C23H39N5O2S/c1-18(2)28(19-10-5-3-6-11-19)21(29)17-31-23-25-24-22(26-13-7-4-8-14-26)27(23)16-20-12-9-15-30-20/h18-20H,3-17H2,1-2H3. The van der Waals surface area contributed by atoms with E-state index in [0.29, 0.717) is 11.8 Å². The number of ether oxygens (including phenoxy) is 1. The van der Waals surface area contributed by atoms with Crippen LogP contribution in [0.2, 0.25) is 0 Å². The molecule has 0 bridgehead atoms. The minimum Gasteiger partial charge on any atom is -0.376 e. The topological polar surface area (TPSA) is 63.5 Å². The van der Waals surface area contributed by atoms with E-state index in [0.717, 1.165) is 63.0 Å². The van der Waals surface area contributed by atoms with Crippen LogP contribution in [0.15, 0.2) is 5.16 Å². The van der Waals surface area contributed by atoms with Crippen LogP contribution in [-0.2, 0) is 16.1 Å². The molecule has 31 heavy (non-hydrogen) atoms. The summed E-state index contributed by atoms with van der Waals surface area (Å²) in [4.78, 5) is 17.7. The molecule has 2 saturated heterocycles. The molecule has 3 aliphatic rings. The van der Waals surface area contributed by atoms with Crippen LogP contribution in [0, 0.1) is 0 Å². The number of thioether (sulfide) groups is 1. The first-order valence-corrected chi connectivity index (χ1v) is 13.4. The van der Waals surface area contributed by atoms with Crippen molar-refractivity contribution < 1.29 is 9.53 Å². The minimum atomic E-state index is 0.226. The molecule has 2 aliphatic heterocycles. The Labute approximate surface area is 191 Å². The molecule has 1 aromatic rings. The van der Waals surface area contributed by atoms with Crippen molar-refractivity contribution in [1.29, 1.82) is 0 Å². The van der Waals surface area contributed by atoms with Crippen molar-refractivity contribution >= 4 is 23.6 Å². The summed E-state index contributed by atoms with van der Waals surface area (Å²) in [5.41, 5.74) is 0. The zero-order chi connectivity index (χ0) is 21.6. The third-order valence-electron chi connectivity index (χ3n) is 6.88. The molecule has 0 radical (unpaired) electrons. The molecule has 1 atom stereocenters. The van der Waals surface area contributed by atoms with Gasteiger partial charge in [-0.15, -0.1) is 10.2 Å². The maximum atomic E-state index is 13.2. The highest BCUT2D eigenvalue weighted by Gasteiger charge is 2.29. The van der Waals surface area contributed by atoms with Crippen LogP contribution in [0.4, 0.5) is 5.95 Å². The van der Waals surface area contributed by atoms with E-state index in [-0.39, 0.29) is 18.1 Å². The lowest BCUT2D eigenvalue weighted by molar-refractivity contribution is -0.133. The van der Waals surface area contributed by atoms with Gasteiger partial charge in [0.15, 0.2) is 5.16 Å². The molecule has 174 valence electrons. The van der Waals surface area contributed by atoms with E-state index in [1.54, 1.807) is 11.8 Å². The average Bonchev–Trinajstić information content (AvgIpc) is 3.44. The summed E-state index contributed by atoms with van der Waals surface area (Å²) >= 11 is 1.55. The van der Waals surface area contributed by atoms with Gasteiger partial charge in [0.05, 0.1) is 18.4 Å². The second kappa shape index (κ2) is 11.0. The largest absolute Gasteiger partial charge is 0.376 e. The molecular formula is C23H39N5O2S. The smallest absolute Gasteiger partial charge is 0.233 e. The van der Waals surface area contributed by atoms with Crippen molar-refractivity contribution in [2.45, 2.75) is 108 Å². The number of anilines is 1. The summed E-state index contributed by atoms with van der Waals surface area (Å²) in [5, 5.41) is 9.96. The highest BCUT2D eigenvalue weighted by atomic mass is 32.2. The third-order valence-corrected chi connectivity index (χ3v) is 7.84. The molecule has 7 nitrogen and oxygen atoms in total. The fraction of sp³-hybridized carbons (Fsp3) is 0.870. The Morgan fingerprint density at radius 2 is 1.81 bits per heavy atom. The number of aromatic nitrogens is 3. The summed E-state index contributed by atoms with van der Waals surface area (Å²) < 4.78 is 8.14. The highest BCUT2D eigenvalue weighted by molar-refractivity contribution is 7.99. The molecular weight excluding hydrogens is 410 g/mol. The average molecular weight is 450 g/mol. The van der Waals surface area contributed by atoms with Crippen LogP contribution >= 0.6 is 11.8 Å². The number of piperidine rings is 1. The molecule has 1 amide bonds. The molecule has 1 aromatic heterocycles. The number of amides is 1. The van der Waals surface area contributed by atoms with Crippen LogP contribution in [0.3, 0.4) is 0 Å². The van der Waals surface area contributed by atoms with E-state index < -0.39 is 0 Å². The van der Waals surface area contributed by atoms with Crippen LogP contribution in [-0.4, -0.2) is 69.2 Å². The number of carbonyl (C=O) groups excluding carboxylic acids is 1. The van der Waals surface area contributed by atoms with Gasteiger partial charge in [0.2, 0.25) is 11.9 Å². The normalized spacial score (nSPS) is 22.9. The Kier molecular flexibility index (Phi) is 8.15. The summed E-state index contributed by atoms with van der Waals surface area (Å²) in [6.45, 7) is 7.99. The lowest BCUT2D eigenvalue weighted by Crippen LogP contribution is -2.46. The molecule has 8 heteroatoms. The van der Waals surface area contributed by atoms with Crippen LogP contribution < -0.4 is 4.90 Å². The van der Waals surface area contributed by atoms with Gasteiger partial charge >= 0.3 is 0 Å². The number of nitrogens with zero attached hydrogens (tertiary/aromatic N) is 5. The van der Waals surface area contributed by atoms with Gasteiger partial charge in [0, 0.05) is 31.8 Å². The third kappa shape index (κ3) is 5.75. The summed E-state index contributed by atoms with van der Waals surface area (Å²) in [5.74, 6) is 1.62.